The summed E-state index contributed by atoms with van der Waals surface area (Å²) in [4.78, 5) is 12.9. The third-order valence-corrected chi connectivity index (χ3v) is 4.05. The zero-order valence-corrected chi connectivity index (χ0v) is 13.8. The molecular formula is C18H25N7O. The van der Waals surface area contributed by atoms with E-state index in [9.17, 15) is 5.11 Å². The van der Waals surface area contributed by atoms with E-state index >= 15 is 0 Å². The van der Waals surface area contributed by atoms with Crippen molar-refractivity contribution in [3.8, 4) is 11.3 Å². The molecule has 4 rings (SSSR count). The van der Waals surface area contributed by atoms with Crippen molar-refractivity contribution in [3.05, 3.63) is 66.7 Å². The van der Waals surface area contributed by atoms with E-state index in [0.29, 0.717) is 28.5 Å². The lowest BCUT2D eigenvalue weighted by Gasteiger charge is -2.17. The fraction of sp³-hybridized carbons (Fsp3) is 0.111. The molecule has 0 bridgehead atoms. The van der Waals surface area contributed by atoms with Crippen LogP contribution in [0.5, 0.6) is 0 Å². The molecule has 0 fully saturated rings. The quantitative estimate of drug-likeness (QED) is 0.504. The van der Waals surface area contributed by atoms with E-state index in [1.54, 1.807) is 29.0 Å². The molecule has 0 spiro atoms. The second-order valence-electron chi connectivity index (χ2n) is 5.73. The number of nitrogens with two attached hydrogens (primary N) is 1. The molecule has 26 heavy (non-hydrogen) atoms. The van der Waals surface area contributed by atoms with Crippen LogP contribution in [0.25, 0.3) is 16.9 Å². The van der Waals surface area contributed by atoms with Gasteiger partial charge >= 0.3 is 0 Å². The summed E-state index contributed by atoms with van der Waals surface area (Å²) in [7, 11) is 0. The van der Waals surface area contributed by atoms with Crippen LogP contribution in [-0.2, 0) is 0 Å². The van der Waals surface area contributed by atoms with E-state index < -0.39 is 0 Å². The number of nitrogen functional groups attached to an aromatic ring is 1. The molecule has 8 heteroatoms. The van der Waals surface area contributed by atoms with Crippen LogP contribution in [0.15, 0.2) is 61.2 Å². The zero-order chi connectivity index (χ0) is 17.9. The van der Waals surface area contributed by atoms with Crippen molar-refractivity contribution in [1.29, 1.82) is 0 Å². The lowest BCUT2D eigenvalue weighted by Crippen LogP contribution is -2.15. The SMILES string of the molecule is Nc1nn2cccnc2c1-c1cc(N[C@H](CO)c2ccccc2)ncn1.[HH].[HH].[HH].[HH]. The Bertz CT molecular complexity index is 1050. The Morgan fingerprint density at radius 1 is 1.15 bits per heavy atom. The number of hydrogen-bond acceptors (Lipinski definition) is 7. The summed E-state index contributed by atoms with van der Waals surface area (Å²) < 4.78 is 1.61. The fourth-order valence-electron chi connectivity index (χ4n) is 2.82. The molecule has 0 radical (unpaired) electrons. The number of anilines is 2. The summed E-state index contributed by atoms with van der Waals surface area (Å²) in [6.45, 7) is -0.0657. The van der Waals surface area contributed by atoms with Crippen LogP contribution < -0.4 is 11.1 Å². The largest absolute Gasteiger partial charge is 0.394 e. The Labute approximate surface area is 155 Å². The van der Waals surface area contributed by atoms with Crippen molar-refractivity contribution in [2.45, 2.75) is 6.04 Å². The summed E-state index contributed by atoms with van der Waals surface area (Å²) in [6, 6.07) is 13.0. The van der Waals surface area contributed by atoms with Crippen LogP contribution in [0.3, 0.4) is 0 Å². The van der Waals surface area contributed by atoms with Gasteiger partial charge in [0.1, 0.15) is 12.1 Å². The summed E-state index contributed by atoms with van der Waals surface area (Å²) in [5.41, 5.74) is 8.91. The van der Waals surface area contributed by atoms with Crippen LogP contribution in [0.1, 0.15) is 17.3 Å². The molecule has 3 heterocycles. The number of rotatable bonds is 5. The van der Waals surface area contributed by atoms with Gasteiger partial charge < -0.3 is 16.2 Å². The molecule has 4 N–H and O–H groups in total. The average Bonchev–Trinajstić information content (AvgIpc) is 3.02. The summed E-state index contributed by atoms with van der Waals surface area (Å²) in [5, 5.41) is 17.2. The van der Waals surface area contributed by atoms with Crippen LogP contribution in [0.4, 0.5) is 11.6 Å². The molecule has 1 atom stereocenters. The van der Waals surface area contributed by atoms with Crippen molar-refractivity contribution < 1.29 is 10.8 Å². The van der Waals surface area contributed by atoms with Crippen LogP contribution in [0.2, 0.25) is 0 Å². The number of aliphatic hydroxyl groups is 1. The van der Waals surface area contributed by atoms with Gasteiger partial charge in [0.25, 0.3) is 0 Å². The first-order valence-corrected chi connectivity index (χ1v) is 8.10. The molecule has 0 saturated carbocycles. The fourth-order valence-corrected chi connectivity index (χ4v) is 2.82. The summed E-state index contributed by atoms with van der Waals surface area (Å²) in [5.74, 6) is 0.919. The zero-order valence-electron chi connectivity index (χ0n) is 13.8. The van der Waals surface area contributed by atoms with Gasteiger partial charge in [-0.2, -0.15) is 0 Å². The van der Waals surface area contributed by atoms with E-state index in [2.05, 4.69) is 25.4 Å². The monoisotopic (exact) mass is 355 g/mol. The normalized spacial score (nSPS) is 12.2. The van der Waals surface area contributed by atoms with Crippen molar-refractivity contribution >= 4 is 17.3 Å². The van der Waals surface area contributed by atoms with Gasteiger partial charge in [0.05, 0.1) is 23.9 Å². The number of benzene rings is 1. The predicted octanol–water partition coefficient (Wildman–Crippen LogP) is 2.90. The Hall–Kier alpha value is -3.52. The molecule has 1 aromatic carbocycles. The van der Waals surface area contributed by atoms with Gasteiger partial charge in [0.15, 0.2) is 11.5 Å². The van der Waals surface area contributed by atoms with Crippen molar-refractivity contribution in [2.75, 3.05) is 17.7 Å². The summed E-state index contributed by atoms with van der Waals surface area (Å²) >= 11 is 0. The maximum absolute atomic E-state index is 9.73. The van der Waals surface area contributed by atoms with Gasteiger partial charge in [-0.1, -0.05) is 30.3 Å². The maximum atomic E-state index is 9.73. The highest BCUT2D eigenvalue weighted by Gasteiger charge is 2.16. The van der Waals surface area contributed by atoms with Crippen LogP contribution in [-0.4, -0.2) is 36.3 Å². The minimum Gasteiger partial charge on any atom is -0.394 e. The molecule has 0 aliphatic carbocycles. The van der Waals surface area contributed by atoms with Gasteiger partial charge in [-0.15, -0.1) is 5.10 Å². The molecule has 0 saturated heterocycles. The lowest BCUT2D eigenvalue weighted by molar-refractivity contribution is 0.276. The Morgan fingerprint density at radius 2 is 2.00 bits per heavy atom. The van der Waals surface area contributed by atoms with Gasteiger partial charge in [0, 0.05) is 24.2 Å². The number of nitrogens with one attached hydrogen (secondary N) is 1. The van der Waals surface area contributed by atoms with E-state index in [1.165, 1.54) is 6.33 Å². The van der Waals surface area contributed by atoms with Crippen molar-refractivity contribution in [2.24, 2.45) is 0 Å². The topological polar surface area (TPSA) is 114 Å². The Kier molecular flexibility index (Phi) is 4.16. The minimum absolute atomic E-state index is 0. The molecule has 8 nitrogen and oxygen atoms in total. The first-order chi connectivity index (χ1) is 12.8. The van der Waals surface area contributed by atoms with E-state index in [-0.39, 0.29) is 18.4 Å². The third-order valence-electron chi connectivity index (χ3n) is 4.05. The molecular weight excluding hydrogens is 330 g/mol. The van der Waals surface area contributed by atoms with Gasteiger partial charge in [-0.3, -0.25) is 0 Å². The Morgan fingerprint density at radius 3 is 2.81 bits per heavy atom. The standard InChI is InChI=1S/C18H17N7O.4H2/c19-17-16(18-20-7-4-8-25(18)24-17)13-9-15(22-11-21-13)23-14(10-26)12-5-2-1-3-6-12;;;;/h1-9,11,14,26H,10H2,(H2,19,24)(H,21,22,23);4*1H/t14-;;;;/m1..../s1. The number of fused-ring (bicyclic) bond motifs is 1. The minimum atomic E-state index is -0.279. The third kappa shape index (κ3) is 2.93. The average molecular weight is 355 g/mol. The first-order valence-electron chi connectivity index (χ1n) is 8.10. The van der Waals surface area contributed by atoms with E-state index in [1.807, 2.05) is 30.3 Å². The highest BCUT2D eigenvalue weighted by Crippen LogP contribution is 2.29. The van der Waals surface area contributed by atoms with Gasteiger partial charge in [-0.25, -0.2) is 19.5 Å². The van der Waals surface area contributed by atoms with Crippen LogP contribution >= 0.6 is 0 Å². The molecule has 3 aromatic heterocycles. The van der Waals surface area contributed by atoms with Crippen molar-refractivity contribution in [3.63, 3.8) is 0 Å². The second kappa shape index (κ2) is 6.77. The first kappa shape index (κ1) is 16.0. The van der Waals surface area contributed by atoms with Gasteiger partial charge in [0.2, 0.25) is 0 Å². The van der Waals surface area contributed by atoms with E-state index in [0.717, 1.165) is 5.56 Å². The number of aromatic nitrogens is 5. The maximum Gasteiger partial charge on any atom is 0.166 e. The number of hydrogen-bond donors (Lipinski definition) is 3. The molecule has 0 amide bonds. The second-order valence-corrected chi connectivity index (χ2v) is 5.73. The molecule has 0 aliphatic heterocycles. The van der Waals surface area contributed by atoms with Gasteiger partial charge in [-0.05, 0) is 11.6 Å². The lowest BCUT2D eigenvalue weighted by atomic mass is 10.1. The number of aliphatic hydroxyl groups excluding tert-OH is 1. The molecule has 138 valence electrons. The highest BCUT2D eigenvalue weighted by molar-refractivity contribution is 5.84. The smallest absolute Gasteiger partial charge is 0.166 e. The predicted molar refractivity (Wildman–Crippen MR) is 107 cm³/mol. The number of nitrogens with zero attached hydrogens (tertiary/aromatic N) is 5. The molecule has 0 unspecified atom stereocenters. The molecule has 0 aliphatic rings. The molecule has 4 aromatic rings. The van der Waals surface area contributed by atoms with E-state index in [4.69, 9.17) is 5.73 Å². The Balaban J connectivity index is 0.00000210. The van der Waals surface area contributed by atoms with Crippen molar-refractivity contribution in [1.82, 2.24) is 24.6 Å². The summed E-state index contributed by atoms with van der Waals surface area (Å²) in [6.07, 6.45) is 4.90. The highest BCUT2D eigenvalue weighted by atomic mass is 16.3. The van der Waals surface area contributed by atoms with Crippen LogP contribution in [0, 0.1) is 0 Å².